The van der Waals surface area contributed by atoms with Gasteiger partial charge >= 0.3 is 5.97 Å². The first kappa shape index (κ1) is 22.1. The van der Waals surface area contributed by atoms with Crippen LogP contribution in [0.25, 0.3) is 0 Å². The highest BCUT2D eigenvalue weighted by atomic mass is 16.5. The number of hydrogen-bond acceptors (Lipinski definition) is 5. The number of carbonyl (C=O) groups excluding carboxylic acids is 2. The lowest BCUT2D eigenvalue weighted by atomic mass is 9.73. The highest BCUT2D eigenvalue weighted by molar-refractivity contribution is 5.94. The Kier molecular flexibility index (Phi) is 5.05. The van der Waals surface area contributed by atoms with Crippen LogP contribution in [0.3, 0.4) is 0 Å². The fourth-order valence-electron chi connectivity index (χ4n) is 7.41. The molecule has 0 saturated carbocycles. The molecule has 1 N–H and O–H groups in total. The molecule has 0 radical (unpaired) electrons. The molecule has 3 atom stereocenters. The molecule has 1 amide bonds. The Labute approximate surface area is 201 Å². The van der Waals surface area contributed by atoms with Crippen LogP contribution in [-0.4, -0.2) is 52.0 Å². The molecular formula is C28H34N2O4. The molecule has 6 nitrogen and oxygen atoms in total. The number of aliphatic hydroxyl groups is 1. The van der Waals surface area contributed by atoms with Crippen LogP contribution in [0, 0.1) is 12.3 Å². The summed E-state index contributed by atoms with van der Waals surface area (Å²) in [7, 11) is 0. The standard InChI is InChI=1S/C28H34N2O4/c1-16-4-9-24(17(16)2)29-11-10-28(27(29)33)12-19-5-6-20(13-28)30(19)14-25(31)21-7-8-22-23(18(21)3)15-34-26(22)32/h7-8,19-20,25,31H,1,4-6,9-15H2,2-3H3/t19?,20?,25-,28?/m0/s1. The quantitative estimate of drug-likeness (QED) is 0.680. The molecule has 3 saturated heterocycles. The number of esters is 1. The zero-order valence-electron chi connectivity index (χ0n) is 20.2. The number of piperidine rings is 1. The van der Waals surface area contributed by atoms with Gasteiger partial charge in [-0.3, -0.25) is 9.69 Å². The molecule has 2 unspecified atom stereocenters. The van der Waals surface area contributed by atoms with Crippen molar-refractivity contribution in [2.45, 2.75) is 83.6 Å². The van der Waals surface area contributed by atoms with Crippen LogP contribution >= 0.6 is 0 Å². The lowest BCUT2D eigenvalue weighted by Gasteiger charge is -2.44. The number of rotatable bonds is 4. The summed E-state index contributed by atoms with van der Waals surface area (Å²) >= 11 is 0. The van der Waals surface area contributed by atoms with E-state index < -0.39 is 6.10 Å². The fourth-order valence-corrected chi connectivity index (χ4v) is 7.41. The van der Waals surface area contributed by atoms with Crippen molar-refractivity contribution in [3.8, 4) is 0 Å². The predicted molar refractivity (Wildman–Crippen MR) is 128 cm³/mol. The number of carbonyl (C=O) groups is 2. The summed E-state index contributed by atoms with van der Waals surface area (Å²) in [5.74, 6) is 0.0504. The van der Waals surface area contributed by atoms with Crippen molar-refractivity contribution in [1.29, 1.82) is 0 Å². The van der Waals surface area contributed by atoms with E-state index >= 15 is 0 Å². The molecule has 180 valence electrons. The Morgan fingerprint density at radius 3 is 2.59 bits per heavy atom. The summed E-state index contributed by atoms with van der Waals surface area (Å²) in [6.07, 6.45) is 6.20. The van der Waals surface area contributed by atoms with E-state index in [9.17, 15) is 14.7 Å². The number of ether oxygens (including phenoxy) is 1. The van der Waals surface area contributed by atoms with E-state index in [4.69, 9.17) is 4.74 Å². The number of cyclic esters (lactones) is 1. The van der Waals surface area contributed by atoms with Gasteiger partial charge in [0.2, 0.25) is 5.91 Å². The molecule has 5 aliphatic rings. The maximum atomic E-state index is 13.7. The first-order valence-electron chi connectivity index (χ1n) is 12.7. The van der Waals surface area contributed by atoms with Crippen LogP contribution < -0.4 is 0 Å². The highest BCUT2D eigenvalue weighted by Crippen LogP contribution is 2.52. The maximum Gasteiger partial charge on any atom is 0.338 e. The third kappa shape index (κ3) is 3.14. The second-order valence-electron chi connectivity index (χ2n) is 11.1. The lowest BCUT2D eigenvalue weighted by Crippen LogP contribution is -2.51. The molecule has 1 aliphatic carbocycles. The van der Waals surface area contributed by atoms with Gasteiger partial charge in [-0.25, -0.2) is 4.79 Å². The molecular weight excluding hydrogens is 428 g/mol. The minimum Gasteiger partial charge on any atom is -0.457 e. The number of amides is 1. The Morgan fingerprint density at radius 2 is 1.91 bits per heavy atom. The molecule has 6 rings (SSSR count). The van der Waals surface area contributed by atoms with Crippen LogP contribution in [0.2, 0.25) is 0 Å². The zero-order valence-corrected chi connectivity index (χ0v) is 20.2. The van der Waals surface area contributed by atoms with Crippen LogP contribution in [-0.2, 0) is 16.1 Å². The maximum absolute atomic E-state index is 13.7. The summed E-state index contributed by atoms with van der Waals surface area (Å²) in [6, 6.07) is 4.34. The average Bonchev–Trinajstić information content (AvgIpc) is 3.50. The van der Waals surface area contributed by atoms with E-state index in [1.165, 1.54) is 16.8 Å². The van der Waals surface area contributed by atoms with Crippen LogP contribution in [0.5, 0.6) is 0 Å². The first-order chi connectivity index (χ1) is 16.3. The number of benzene rings is 1. The van der Waals surface area contributed by atoms with E-state index in [1.54, 1.807) is 6.07 Å². The summed E-state index contributed by atoms with van der Waals surface area (Å²) < 4.78 is 5.18. The molecule has 1 aromatic rings. The molecule has 4 aliphatic heterocycles. The van der Waals surface area contributed by atoms with Gasteiger partial charge in [0.05, 0.1) is 17.1 Å². The molecule has 3 fully saturated rings. The third-order valence-electron chi connectivity index (χ3n) is 9.44. The van der Waals surface area contributed by atoms with E-state index in [0.717, 1.165) is 68.2 Å². The van der Waals surface area contributed by atoms with Crippen molar-refractivity contribution in [3.63, 3.8) is 0 Å². The monoisotopic (exact) mass is 462 g/mol. The summed E-state index contributed by atoms with van der Waals surface area (Å²) in [5, 5.41) is 11.2. The Hall–Kier alpha value is -2.44. The van der Waals surface area contributed by atoms with Crippen molar-refractivity contribution in [1.82, 2.24) is 9.80 Å². The molecule has 4 heterocycles. The van der Waals surface area contributed by atoms with Gasteiger partial charge in [0.15, 0.2) is 0 Å². The van der Waals surface area contributed by atoms with E-state index in [1.807, 2.05) is 13.0 Å². The molecule has 2 bridgehead atoms. The number of fused-ring (bicyclic) bond motifs is 3. The average molecular weight is 463 g/mol. The van der Waals surface area contributed by atoms with Gasteiger partial charge in [-0.15, -0.1) is 0 Å². The van der Waals surface area contributed by atoms with Crippen LogP contribution in [0.15, 0.2) is 35.6 Å². The topological polar surface area (TPSA) is 70.1 Å². The van der Waals surface area contributed by atoms with Crippen molar-refractivity contribution in [3.05, 3.63) is 57.8 Å². The number of likely N-dealkylation sites (tertiary alicyclic amines) is 1. The number of aliphatic hydroxyl groups excluding tert-OH is 1. The third-order valence-corrected chi connectivity index (χ3v) is 9.44. The molecule has 1 spiro atoms. The van der Waals surface area contributed by atoms with Gasteiger partial charge in [0.1, 0.15) is 6.61 Å². The van der Waals surface area contributed by atoms with Crippen molar-refractivity contribution in [2.75, 3.05) is 13.1 Å². The number of hydrogen-bond donors (Lipinski definition) is 1. The zero-order chi connectivity index (χ0) is 23.8. The SMILES string of the molecule is C=C1CCC(N2CCC3(CC4CCC(C3)N4C[C@H](O)c3ccc4c(c3C)COC4=O)C2=O)=C1C. The number of nitrogens with zero attached hydrogens (tertiary/aromatic N) is 2. The summed E-state index contributed by atoms with van der Waals surface area (Å²) in [5.41, 5.74) is 6.70. The second kappa shape index (κ2) is 7.79. The lowest BCUT2D eigenvalue weighted by molar-refractivity contribution is -0.138. The summed E-state index contributed by atoms with van der Waals surface area (Å²) in [4.78, 5) is 30.1. The van der Waals surface area contributed by atoms with E-state index in [0.29, 0.717) is 36.7 Å². The van der Waals surface area contributed by atoms with Crippen LogP contribution in [0.4, 0.5) is 0 Å². The largest absolute Gasteiger partial charge is 0.457 e. The highest BCUT2D eigenvalue weighted by Gasteiger charge is 2.56. The second-order valence-corrected chi connectivity index (χ2v) is 11.1. The van der Waals surface area contributed by atoms with Gasteiger partial charge in [0.25, 0.3) is 0 Å². The van der Waals surface area contributed by atoms with Crippen molar-refractivity contribution >= 4 is 11.9 Å². The minimum absolute atomic E-state index is 0.244. The van der Waals surface area contributed by atoms with E-state index in [-0.39, 0.29) is 11.4 Å². The normalized spacial score (nSPS) is 31.7. The van der Waals surface area contributed by atoms with Gasteiger partial charge in [-0.1, -0.05) is 18.2 Å². The van der Waals surface area contributed by atoms with Crippen LogP contribution in [0.1, 0.15) is 85.0 Å². The Bertz CT molecular complexity index is 1120. The first-order valence-corrected chi connectivity index (χ1v) is 12.7. The fraction of sp³-hybridized carbons (Fsp3) is 0.571. The van der Waals surface area contributed by atoms with Gasteiger partial charge < -0.3 is 14.7 Å². The minimum atomic E-state index is -0.619. The molecule has 6 heteroatoms. The number of allylic oxidation sites excluding steroid dienone is 3. The summed E-state index contributed by atoms with van der Waals surface area (Å²) in [6.45, 7) is 9.94. The van der Waals surface area contributed by atoms with Gasteiger partial charge in [-0.05, 0) is 81.6 Å². The van der Waals surface area contributed by atoms with Crippen molar-refractivity contribution < 1.29 is 19.4 Å². The molecule has 34 heavy (non-hydrogen) atoms. The Balaban J connectivity index is 1.18. The molecule has 1 aromatic carbocycles. The van der Waals surface area contributed by atoms with Gasteiger partial charge in [-0.2, -0.15) is 0 Å². The van der Waals surface area contributed by atoms with Crippen molar-refractivity contribution in [2.24, 2.45) is 5.41 Å². The Morgan fingerprint density at radius 1 is 1.18 bits per heavy atom. The van der Waals surface area contributed by atoms with E-state index in [2.05, 4.69) is 23.3 Å². The predicted octanol–water partition coefficient (Wildman–Crippen LogP) is 4.17. The molecule has 0 aromatic heterocycles. The van der Waals surface area contributed by atoms with Gasteiger partial charge in [0, 0.05) is 36.4 Å². The smallest absolute Gasteiger partial charge is 0.338 e.